The lowest BCUT2D eigenvalue weighted by Gasteiger charge is -2.09. The molecule has 1 rings (SSSR count). The Kier molecular flexibility index (Phi) is 27.4. The first-order valence-corrected chi connectivity index (χ1v) is 10.8. The Morgan fingerprint density at radius 2 is 1.53 bits per heavy atom. The maximum Gasteiger partial charge on any atom is 0.0669 e. The predicted molar refractivity (Wildman–Crippen MR) is 138 cm³/mol. The first-order valence-electron chi connectivity index (χ1n) is 10.8. The summed E-state index contributed by atoms with van der Waals surface area (Å²) in [5.74, 6) is 2.48. The molecule has 0 aliphatic rings. The third kappa shape index (κ3) is 16.0. The maximum absolute atomic E-state index is 8.72. The number of hydrogen-bond acceptors (Lipinski definition) is 1. The van der Waals surface area contributed by atoms with Gasteiger partial charge in [-0.05, 0) is 50.0 Å². The lowest BCUT2D eigenvalue weighted by Crippen LogP contribution is -1.89. The van der Waals surface area contributed by atoms with E-state index in [2.05, 4.69) is 42.4 Å². The molecule has 1 heteroatoms. The van der Waals surface area contributed by atoms with E-state index in [1.165, 1.54) is 11.1 Å². The molecule has 0 aromatic heterocycles. The van der Waals surface area contributed by atoms with Crippen LogP contribution in [0.2, 0.25) is 0 Å². The number of hydrogen-bond donors (Lipinski definition) is 0. The highest BCUT2D eigenvalue weighted by Gasteiger charge is 2.04. The van der Waals surface area contributed by atoms with Gasteiger partial charge in [-0.1, -0.05) is 101 Å². The van der Waals surface area contributed by atoms with Crippen LogP contribution in [0.25, 0.3) is 5.57 Å². The van der Waals surface area contributed by atoms with Crippen molar-refractivity contribution >= 4 is 5.57 Å². The summed E-state index contributed by atoms with van der Waals surface area (Å²) in [6.07, 6.45) is 22.5. The minimum atomic E-state index is 0.458. The van der Waals surface area contributed by atoms with Crippen LogP contribution in [0.15, 0.2) is 78.4 Å². The summed E-state index contributed by atoms with van der Waals surface area (Å²) in [5, 5.41) is 8.72. The molecule has 0 radical (unpaired) electrons. The Balaban J connectivity index is -0.000000616. The van der Waals surface area contributed by atoms with Crippen LogP contribution in [-0.4, -0.2) is 0 Å². The second-order valence-corrected chi connectivity index (χ2v) is 5.36. The normalized spacial score (nSPS) is 10.9. The summed E-state index contributed by atoms with van der Waals surface area (Å²) in [4.78, 5) is 0. The molecule has 0 bridgehead atoms. The smallest absolute Gasteiger partial charge is 0.0669 e. The molecule has 0 saturated carbocycles. The zero-order valence-corrected chi connectivity index (χ0v) is 20.4. The van der Waals surface area contributed by atoms with Crippen LogP contribution in [0.4, 0.5) is 0 Å². The van der Waals surface area contributed by atoms with Gasteiger partial charge in [0.2, 0.25) is 0 Å². The average Bonchev–Trinajstić information content (AvgIpc) is 2.81. The van der Waals surface area contributed by atoms with Gasteiger partial charge in [0, 0.05) is 6.42 Å². The molecule has 1 aromatic rings. The van der Waals surface area contributed by atoms with Crippen LogP contribution >= 0.6 is 0 Å². The van der Waals surface area contributed by atoms with Crippen LogP contribution < -0.4 is 0 Å². The number of nitriles is 1. The monoisotopic (exact) mass is 403 g/mol. The molecule has 0 atom stereocenters. The van der Waals surface area contributed by atoms with Gasteiger partial charge in [-0.25, -0.2) is 0 Å². The van der Waals surface area contributed by atoms with E-state index >= 15 is 0 Å². The van der Waals surface area contributed by atoms with Gasteiger partial charge in [-0.2, -0.15) is 5.26 Å². The molecule has 0 amide bonds. The second kappa shape index (κ2) is 26.0. The van der Waals surface area contributed by atoms with Crippen LogP contribution in [0.1, 0.15) is 72.9 Å². The van der Waals surface area contributed by atoms with Crippen LogP contribution in [-0.2, 0) is 6.42 Å². The maximum atomic E-state index is 8.72. The zero-order chi connectivity index (χ0) is 23.6. The number of allylic oxidation sites excluding steroid dienone is 10. The molecule has 0 aliphatic heterocycles. The van der Waals surface area contributed by atoms with Crippen molar-refractivity contribution in [3.63, 3.8) is 0 Å². The molecule has 30 heavy (non-hydrogen) atoms. The first-order chi connectivity index (χ1) is 14.7. The first kappa shape index (κ1) is 31.7. The third-order valence-corrected chi connectivity index (χ3v) is 3.44. The Morgan fingerprint density at radius 3 is 1.90 bits per heavy atom. The molecule has 0 unspecified atom stereocenters. The van der Waals surface area contributed by atoms with Gasteiger partial charge < -0.3 is 0 Å². The van der Waals surface area contributed by atoms with E-state index in [1.807, 2.05) is 97.9 Å². The molecular formula is C29H41N. The summed E-state index contributed by atoms with van der Waals surface area (Å²) in [5.41, 5.74) is 4.59. The molecule has 0 saturated heterocycles. The highest BCUT2D eigenvalue weighted by atomic mass is 14.2. The molecular weight excluding hydrogens is 362 g/mol. The Bertz CT molecular complexity index is 739. The largest absolute Gasteiger partial charge is 0.198 e. The fraction of sp³-hybridized carbons (Fsp3) is 0.345. The number of terminal acetylenes is 1. The van der Waals surface area contributed by atoms with Crippen molar-refractivity contribution in [2.24, 2.45) is 0 Å². The summed E-state index contributed by atoms with van der Waals surface area (Å²) in [7, 11) is 0. The minimum Gasteiger partial charge on any atom is -0.198 e. The standard InChI is InChI=1S/C19H21N.C6H8.2C2H6/c1-4-7-9-19(17(6-3)8-5-2)18-12-10-16(11-13-18)14-15-20;1-3-5-6-4-2;2*1-2/h4-13H,14H2,1-3H3;1,4,6H,5H2,2H3;2*1-2H3/b7-4+,8-5-,17-6+,19-9-;6-4-;;. The van der Waals surface area contributed by atoms with Crippen molar-refractivity contribution in [1.82, 2.24) is 0 Å². The van der Waals surface area contributed by atoms with Gasteiger partial charge in [0.25, 0.3) is 0 Å². The fourth-order valence-electron chi connectivity index (χ4n) is 2.15. The van der Waals surface area contributed by atoms with Crippen LogP contribution in [0.3, 0.4) is 0 Å². The van der Waals surface area contributed by atoms with Gasteiger partial charge in [-0.15, -0.1) is 12.3 Å². The van der Waals surface area contributed by atoms with E-state index in [0.717, 1.165) is 17.5 Å². The molecule has 0 heterocycles. The second-order valence-electron chi connectivity index (χ2n) is 5.36. The van der Waals surface area contributed by atoms with Gasteiger partial charge in [0.05, 0.1) is 12.5 Å². The van der Waals surface area contributed by atoms with E-state index in [9.17, 15) is 0 Å². The Labute approximate surface area is 187 Å². The molecule has 0 N–H and O–H groups in total. The Morgan fingerprint density at radius 1 is 0.933 bits per heavy atom. The zero-order valence-electron chi connectivity index (χ0n) is 20.4. The molecule has 0 spiro atoms. The summed E-state index contributed by atoms with van der Waals surface area (Å²) in [6, 6.07) is 10.4. The van der Waals surface area contributed by atoms with Gasteiger partial charge in [0.1, 0.15) is 0 Å². The molecule has 1 nitrogen and oxygen atoms in total. The Hall–Kier alpha value is -3.03. The average molecular weight is 404 g/mol. The number of rotatable bonds is 6. The SMILES string of the molecule is C#CC/C=C\C.CC.CC.C\C=C/C(=C\C)C(=C/C=C/C)/c1ccc(CC#N)cc1. The highest BCUT2D eigenvalue weighted by molar-refractivity contribution is 5.82. The van der Waals surface area contributed by atoms with Crippen molar-refractivity contribution in [3.8, 4) is 18.4 Å². The van der Waals surface area contributed by atoms with Crippen molar-refractivity contribution in [1.29, 1.82) is 5.26 Å². The van der Waals surface area contributed by atoms with E-state index in [1.54, 1.807) is 0 Å². The van der Waals surface area contributed by atoms with Crippen LogP contribution in [0, 0.1) is 23.7 Å². The summed E-state index contributed by atoms with van der Waals surface area (Å²) < 4.78 is 0. The molecule has 162 valence electrons. The third-order valence-electron chi connectivity index (χ3n) is 3.44. The van der Waals surface area contributed by atoms with Crippen molar-refractivity contribution < 1.29 is 0 Å². The highest BCUT2D eigenvalue weighted by Crippen LogP contribution is 2.25. The minimum absolute atomic E-state index is 0.458. The van der Waals surface area contributed by atoms with Gasteiger partial charge in [0.15, 0.2) is 0 Å². The van der Waals surface area contributed by atoms with Gasteiger partial charge in [-0.3, -0.25) is 0 Å². The van der Waals surface area contributed by atoms with E-state index in [0.29, 0.717) is 6.42 Å². The molecule has 0 aliphatic carbocycles. The number of nitrogens with zero attached hydrogens (tertiary/aromatic N) is 1. The van der Waals surface area contributed by atoms with E-state index in [-0.39, 0.29) is 0 Å². The van der Waals surface area contributed by atoms with Gasteiger partial charge >= 0.3 is 0 Å². The fourth-order valence-corrected chi connectivity index (χ4v) is 2.15. The lowest BCUT2D eigenvalue weighted by atomic mass is 9.95. The van der Waals surface area contributed by atoms with Crippen molar-refractivity contribution in [2.45, 2.75) is 68.2 Å². The predicted octanol–water partition coefficient (Wildman–Crippen LogP) is 8.87. The van der Waals surface area contributed by atoms with E-state index < -0.39 is 0 Å². The quantitative estimate of drug-likeness (QED) is 0.264. The summed E-state index contributed by atoms with van der Waals surface area (Å²) in [6.45, 7) is 16.0. The summed E-state index contributed by atoms with van der Waals surface area (Å²) >= 11 is 0. The molecule has 1 aromatic carbocycles. The van der Waals surface area contributed by atoms with Crippen molar-refractivity contribution in [3.05, 3.63) is 89.6 Å². The van der Waals surface area contributed by atoms with E-state index in [4.69, 9.17) is 11.7 Å². The lowest BCUT2D eigenvalue weighted by molar-refractivity contribution is 1.26. The topological polar surface area (TPSA) is 23.8 Å². The molecule has 0 fully saturated rings. The van der Waals surface area contributed by atoms with Crippen LogP contribution in [0.5, 0.6) is 0 Å². The van der Waals surface area contributed by atoms with Crippen molar-refractivity contribution in [2.75, 3.05) is 0 Å². The number of benzene rings is 1.